The van der Waals surface area contributed by atoms with E-state index in [1.807, 2.05) is 35.9 Å². The number of fused-ring (bicyclic) bond motifs is 1. The molecule has 1 aliphatic rings. The summed E-state index contributed by atoms with van der Waals surface area (Å²) < 4.78 is 12.2. The molecule has 1 saturated heterocycles. The highest BCUT2D eigenvalue weighted by atomic mass is 35.5. The van der Waals surface area contributed by atoms with E-state index in [4.69, 9.17) is 26.2 Å². The normalized spacial score (nSPS) is 15.4. The molecule has 1 N–H and O–H groups in total. The number of nitrogens with zero attached hydrogens (tertiary/aromatic N) is 4. The van der Waals surface area contributed by atoms with Crippen LogP contribution in [0.3, 0.4) is 0 Å². The Morgan fingerprint density at radius 1 is 1.23 bits per heavy atom. The van der Waals surface area contributed by atoms with Gasteiger partial charge in [0.05, 0.1) is 23.2 Å². The quantitative estimate of drug-likeness (QED) is 0.458. The SMILES string of the molecule is CCOc1cc(CN2CCC(n3nnc4cc(OC(=O)O)ccc43)CC2)ccc1Cl. The molecule has 2 aromatic carbocycles. The number of hydrogen-bond acceptors (Lipinski definition) is 6. The maximum Gasteiger partial charge on any atom is 0.511 e. The van der Waals surface area contributed by atoms with Crippen LogP contribution in [0.15, 0.2) is 36.4 Å². The second-order valence-electron chi connectivity index (χ2n) is 7.26. The molecule has 3 aromatic rings. The van der Waals surface area contributed by atoms with Crippen molar-refractivity contribution >= 4 is 28.8 Å². The number of rotatable bonds is 6. The van der Waals surface area contributed by atoms with Crippen LogP contribution in [-0.2, 0) is 6.54 Å². The minimum absolute atomic E-state index is 0.242. The van der Waals surface area contributed by atoms with Crippen LogP contribution in [0.5, 0.6) is 11.5 Å². The van der Waals surface area contributed by atoms with Gasteiger partial charge in [0.15, 0.2) is 0 Å². The summed E-state index contributed by atoms with van der Waals surface area (Å²) in [4.78, 5) is 13.1. The van der Waals surface area contributed by atoms with Crippen molar-refractivity contribution in [2.24, 2.45) is 0 Å². The fourth-order valence-electron chi connectivity index (χ4n) is 3.85. The molecule has 1 aromatic heterocycles. The molecule has 9 heteroatoms. The minimum Gasteiger partial charge on any atom is -0.492 e. The Balaban J connectivity index is 1.40. The molecule has 0 aliphatic carbocycles. The summed E-state index contributed by atoms with van der Waals surface area (Å²) in [6.07, 6.45) is 0.568. The first kappa shape index (κ1) is 20.4. The molecule has 8 nitrogen and oxygen atoms in total. The average Bonchev–Trinajstić information content (AvgIpc) is 3.14. The van der Waals surface area contributed by atoms with E-state index in [0.29, 0.717) is 17.1 Å². The topological polar surface area (TPSA) is 89.7 Å². The molecular weight excluding hydrogens is 408 g/mol. The van der Waals surface area contributed by atoms with Crippen LogP contribution in [0.1, 0.15) is 31.4 Å². The van der Waals surface area contributed by atoms with Crippen molar-refractivity contribution in [1.82, 2.24) is 19.9 Å². The molecule has 1 aliphatic heterocycles. The Morgan fingerprint density at radius 3 is 2.77 bits per heavy atom. The molecule has 0 saturated carbocycles. The second-order valence-corrected chi connectivity index (χ2v) is 7.66. The van der Waals surface area contributed by atoms with Crippen LogP contribution in [0.4, 0.5) is 4.79 Å². The van der Waals surface area contributed by atoms with Crippen molar-refractivity contribution in [1.29, 1.82) is 0 Å². The highest BCUT2D eigenvalue weighted by molar-refractivity contribution is 6.32. The third-order valence-corrected chi connectivity index (χ3v) is 5.56. The van der Waals surface area contributed by atoms with Gasteiger partial charge in [-0.05, 0) is 49.6 Å². The van der Waals surface area contributed by atoms with Crippen molar-refractivity contribution in [3.63, 3.8) is 0 Å². The Hall–Kier alpha value is -2.84. The van der Waals surface area contributed by atoms with Gasteiger partial charge in [0, 0.05) is 25.7 Å². The van der Waals surface area contributed by atoms with Gasteiger partial charge in [-0.3, -0.25) is 4.90 Å². The van der Waals surface area contributed by atoms with Gasteiger partial charge in [-0.2, -0.15) is 0 Å². The zero-order valence-corrected chi connectivity index (χ0v) is 17.4. The summed E-state index contributed by atoms with van der Waals surface area (Å²) in [6, 6.07) is 11.2. The molecule has 30 heavy (non-hydrogen) atoms. The zero-order valence-electron chi connectivity index (χ0n) is 16.6. The van der Waals surface area contributed by atoms with E-state index < -0.39 is 6.16 Å². The average molecular weight is 431 g/mol. The first-order valence-corrected chi connectivity index (χ1v) is 10.3. The van der Waals surface area contributed by atoms with E-state index in [2.05, 4.69) is 15.2 Å². The first-order chi connectivity index (χ1) is 14.5. The number of carboxylic acid groups (broad SMARTS) is 1. The molecule has 158 valence electrons. The predicted octanol–water partition coefficient (Wildman–Crippen LogP) is 4.38. The van der Waals surface area contributed by atoms with E-state index in [1.165, 1.54) is 5.56 Å². The number of hydrogen-bond donors (Lipinski definition) is 1. The van der Waals surface area contributed by atoms with Gasteiger partial charge in [0.25, 0.3) is 0 Å². The molecule has 0 spiro atoms. The lowest BCUT2D eigenvalue weighted by Crippen LogP contribution is -2.34. The van der Waals surface area contributed by atoms with E-state index in [9.17, 15) is 4.79 Å². The van der Waals surface area contributed by atoms with Crippen molar-refractivity contribution < 1.29 is 19.4 Å². The van der Waals surface area contributed by atoms with Gasteiger partial charge in [-0.15, -0.1) is 5.10 Å². The van der Waals surface area contributed by atoms with Gasteiger partial charge in [-0.25, -0.2) is 9.48 Å². The molecule has 0 radical (unpaired) electrons. The lowest BCUT2D eigenvalue weighted by molar-refractivity contribution is 0.144. The third-order valence-electron chi connectivity index (χ3n) is 5.25. The van der Waals surface area contributed by atoms with Crippen LogP contribution in [0.25, 0.3) is 11.0 Å². The molecule has 0 bridgehead atoms. The van der Waals surface area contributed by atoms with E-state index >= 15 is 0 Å². The van der Waals surface area contributed by atoms with Crippen molar-refractivity contribution in [3.8, 4) is 11.5 Å². The lowest BCUT2D eigenvalue weighted by atomic mass is 10.0. The van der Waals surface area contributed by atoms with Gasteiger partial charge < -0.3 is 14.6 Å². The van der Waals surface area contributed by atoms with Crippen LogP contribution < -0.4 is 9.47 Å². The van der Waals surface area contributed by atoms with E-state index in [1.54, 1.807) is 12.1 Å². The minimum atomic E-state index is -1.34. The molecule has 0 atom stereocenters. The Morgan fingerprint density at radius 2 is 2.03 bits per heavy atom. The van der Waals surface area contributed by atoms with Crippen LogP contribution >= 0.6 is 11.6 Å². The molecule has 1 fully saturated rings. The number of aromatic nitrogens is 3. The summed E-state index contributed by atoms with van der Waals surface area (Å²) in [5, 5.41) is 17.9. The molecular formula is C21H23ClN4O4. The maximum atomic E-state index is 10.7. The lowest BCUT2D eigenvalue weighted by Gasteiger charge is -2.32. The fourth-order valence-corrected chi connectivity index (χ4v) is 4.02. The summed E-state index contributed by atoms with van der Waals surface area (Å²) in [7, 11) is 0. The van der Waals surface area contributed by atoms with Crippen molar-refractivity contribution in [3.05, 3.63) is 47.0 Å². The Bertz CT molecular complexity index is 1050. The molecule has 2 heterocycles. The first-order valence-electron chi connectivity index (χ1n) is 9.93. The molecule has 0 amide bonds. The number of benzene rings is 2. The number of ether oxygens (including phenoxy) is 2. The summed E-state index contributed by atoms with van der Waals surface area (Å²) in [5.41, 5.74) is 2.68. The Kier molecular flexibility index (Phi) is 6.06. The summed E-state index contributed by atoms with van der Waals surface area (Å²) in [6.45, 7) is 5.27. The summed E-state index contributed by atoms with van der Waals surface area (Å²) >= 11 is 6.18. The summed E-state index contributed by atoms with van der Waals surface area (Å²) in [5.74, 6) is 0.971. The van der Waals surface area contributed by atoms with Crippen molar-refractivity contribution in [2.75, 3.05) is 19.7 Å². The van der Waals surface area contributed by atoms with Gasteiger partial charge in [0.2, 0.25) is 0 Å². The Labute approximate surface area is 178 Å². The van der Waals surface area contributed by atoms with Gasteiger partial charge in [-0.1, -0.05) is 22.9 Å². The van der Waals surface area contributed by atoms with Crippen LogP contribution in [0.2, 0.25) is 5.02 Å². The van der Waals surface area contributed by atoms with Crippen LogP contribution in [0, 0.1) is 0 Å². The van der Waals surface area contributed by atoms with Crippen molar-refractivity contribution in [2.45, 2.75) is 32.4 Å². The van der Waals surface area contributed by atoms with Gasteiger partial charge in [0.1, 0.15) is 17.0 Å². The second kappa shape index (κ2) is 8.89. The molecule has 0 unspecified atom stereocenters. The van der Waals surface area contributed by atoms with Crippen LogP contribution in [-0.4, -0.2) is 50.9 Å². The van der Waals surface area contributed by atoms with Gasteiger partial charge >= 0.3 is 6.16 Å². The number of piperidine rings is 1. The van der Waals surface area contributed by atoms with E-state index in [-0.39, 0.29) is 11.8 Å². The maximum absolute atomic E-state index is 10.7. The number of likely N-dealkylation sites (tertiary alicyclic amines) is 1. The van der Waals surface area contributed by atoms with E-state index in [0.717, 1.165) is 43.7 Å². The zero-order chi connectivity index (χ0) is 21.1. The number of halogens is 1. The smallest absolute Gasteiger partial charge is 0.492 e. The third kappa shape index (κ3) is 4.49. The number of carbonyl (C=O) groups is 1. The highest BCUT2D eigenvalue weighted by Gasteiger charge is 2.23. The largest absolute Gasteiger partial charge is 0.511 e. The highest BCUT2D eigenvalue weighted by Crippen LogP contribution is 2.29. The molecule has 4 rings (SSSR count). The predicted molar refractivity (Wildman–Crippen MR) is 112 cm³/mol. The monoisotopic (exact) mass is 430 g/mol. The standard InChI is InChI=1S/C21H23ClN4O4/c1-2-29-20-11-14(3-5-17(20)22)13-25-9-7-15(8-10-25)26-19-6-4-16(30-21(27)28)12-18(19)23-24-26/h3-6,11-12,15H,2,7-10,13H2,1H3,(H,27,28). The fraction of sp³-hybridized carbons (Fsp3) is 0.381.